The number of nitrogens with one attached hydrogen (secondary N) is 2. The minimum absolute atomic E-state index is 0.0243. The molecule has 150 valence electrons. The summed E-state index contributed by atoms with van der Waals surface area (Å²) in [5.74, 6) is -0.657. The molecular weight excluding hydrogens is 382 g/mol. The Morgan fingerprint density at radius 2 is 2.14 bits per heavy atom. The van der Waals surface area contributed by atoms with Crippen molar-refractivity contribution >= 4 is 23.1 Å². The Bertz CT molecular complexity index is 991. The molecule has 1 aromatic heterocycles. The number of carbonyl (C=O) groups is 1. The molecule has 0 saturated carbocycles. The van der Waals surface area contributed by atoms with Gasteiger partial charge in [-0.25, -0.2) is 9.78 Å². The summed E-state index contributed by atoms with van der Waals surface area (Å²) in [4.78, 5) is 19.6. The summed E-state index contributed by atoms with van der Waals surface area (Å²) in [6.07, 6.45) is 8.93. The van der Waals surface area contributed by atoms with Crippen LogP contribution in [-0.2, 0) is 24.2 Å². The molecule has 0 bridgehead atoms. The van der Waals surface area contributed by atoms with Crippen molar-refractivity contribution < 1.29 is 9.90 Å². The molecule has 3 N–H and O–H groups in total. The Kier molecular flexibility index (Phi) is 5.62. The van der Waals surface area contributed by atoms with Gasteiger partial charge in [-0.2, -0.15) is 0 Å². The predicted octanol–water partition coefficient (Wildman–Crippen LogP) is 3.98. The van der Waals surface area contributed by atoms with Crippen LogP contribution in [0.3, 0.4) is 0 Å². The van der Waals surface area contributed by atoms with Crippen LogP contribution in [-0.4, -0.2) is 25.9 Å². The number of thiocarbonyl (C=S) groups is 1. The van der Waals surface area contributed by atoms with Gasteiger partial charge in [0.25, 0.3) is 0 Å². The Morgan fingerprint density at radius 3 is 2.83 bits per heavy atom. The lowest BCUT2D eigenvalue weighted by molar-refractivity contribution is -0.132. The molecule has 29 heavy (non-hydrogen) atoms. The zero-order valence-corrected chi connectivity index (χ0v) is 17.3. The van der Waals surface area contributed by atoms with Gasteiger partial charge in [0.1, 0.15) is 0 Å². The van der Waals surface area contributed by atoms with E-state index in [1.165, 1.54) is 16.7 Å². The number of carboxylic acids is 1. The van der Waals surface area contributed by atoms with Crippen LogP contribution in [0.5, 0.6) is 0 Å². The molecule has 0 radical (unpaired) electrons. The number of carboxylic acid groups (broad SMARTS) is 1. The number of allylic oxidation sites excluding steroid dienone is 2. The van der Waals surface area contributed by atoms with Gasteiger partial charge in [0, 0.05) is 22.7 Å². The third-order valence-electron chi connectivity index (χ3n) is 6.05. The fourth-order valence-electron chi connectivity index (χ4n) is 4.62. The van der Waals surface area contributed by atoms with E-state index < -0.39 is 5.97 Å². The van der Waals surface area contributed by atoms with Crippen molar-refractivity contribution in [3.8, 4) is 0 Å². The highest BCUT2D eigenvalue weighted by molar-refractivity contribution is 7.81. The van der Waals surface area contributed by atoms with Crippen LogP contribution in [0.1, 0.15) is 36.6 Å². The first-order valence-corrected chi connectivity index (χ1v) is 10.5. The highest BCUT2D eigenvalue weighted by Crippen LogP contribution is 2.40. The number of aliphatic carboxylic acids is 1. The van der Waals surface area contributed by atoms with Gasteiger partial charge >= 0.3 is 5.97 Å². The summed E-state index contributed by atoms with van der Waals surface area (Å²) in [6, 6.07) is 8.55. The highest BCUT2D eigenvalue weighted by Gasteiger charge is 2.37. The third kappa shape index (κ3) is 3.90. The van der Waals surface area contributed by atoms with E-state index in [0.29, 0.717) is 17.3 Å². The molecule has 2 aliphatic rings. The molecule has 2 aliphatic carbocycles. The maximum atomic E-state index is 11.9. The van der Waals surface area contributed by atoms with Crippen LogP contribution in [0, 0.1) is 11.8 Å². The average Bonchev–Trinajstić information content (AvgIpc) is 3.25. The number of aryl methyl sites for hydroxylation is 1. The molecule has 0 spiro atoms. The Hall–Kier alpha value is -2.73. The SMILES string of the molecule is CCC1=C(NCc2cnc[nH]2)C=C(C(=O)O)C(=S)C1C1CCc2ccccc2C1. The topological polar surface area (TPSA) is 78.0 Å². The van der Waals surface area contributed by atoms with Gasteiger partial charge in [-0.05, 0) is 54.4 Å². The molecule has 5 nitrogen and oxygen atoms in total. The Labute approximate surface area is 176 Å². The monoisotopic (exact) mass is 407 g/mol. The molecule has 2 atom stereocenters. The molecule has 0 fully saturated rings. The molecule has 4 rings (SSSR count). The van der Waals surface area contributed by atoms with E-state index in [1.807, 2.05) is 0 Å². The second kappa shape index (κ2) is 8.33. The third-order valence-corrected chi connectivity index (χ3v) is 6.52. The minimum atomic E-state index is -0.952. The highest BCUT2D eigenvalue weighted by atomic mass is 32.1. The molecular formula is C23H25N3O2S. The Balaban J connectivity index is 1.68. The summed E-state index contributed by atoms with van der Waals surface area (Å²) in [5, 5.41) is 13.2. The number of benzene rings is 1. The number of aromatic nitrogens is 2. The van der Waals surface area contributed by atoms with Gasteiger partial charge in [-0.1, -0.05) is 43.4 Å². The molecule has 1 heterocycles. The van der Waals surface area contributed by atoms with E-state index in [2.05, 4.69) is 46.5 Å². The van der Waals surface area contributed by atoms with E-state index in [0.717, 1.165) is 37.1 Å². The zero-order valence-electron chi connectivity index (χ0n) is 16.4. The van der Waals surface area contributed by atoms with Crippen LogP contribution >= 0.6 is 12.2 Å². The molecule has 0 saturated heterocycles. The van der Waals surface area contributed by atoms with Crippen molar-refractivity contribution in [2.75, 3.05) is 0 Å². The van der Waals surface area contributed by atoms with E-state index >= 15 is 0 Å². The van der Waals surface area contributed by atoms with Gasteiger partial charge in [-0.15, -0.1) is 0 Å². The lowest BCUT2D eigenvalue weighted by atomic mass is 9.69. The summed E-state index contributed by atoms with van der Waals surface area (Å²) in [5.41, 5.74) is 6.06. The van der Waals surface area contributed by atoms with Crippen LogP contribution in [0.2, 0.25) is 0 Å². The van der Waals surface area contributed by atoms with Crippen LogP contribution in [0.25, 0.3) is 0 Å². The van der Waals surface area contributed by atoms with Gasteiger partial charge < -0.3 is 15.4 Å². The lowest BCUT2D eigenvalue weighted by Crippen LogP contribution is -2.36. The normalized spacial score (nSPS) is 21.6. The number of imidazole rings is 1. The van der Waals surface area contributed by atoms with Gasteiger partial charge in [0.2, 0.25) is 0 Å². The zero-order chi connectivity index (χ0) is 20.4. The standard InChI is InChI=1S/C23H25N3O2S/c1-2-18-20(25-12-17-11-24-13-26-17)10-19(23(27)28)22(29)21(18)16-8-7-14-5-3-4-6-15(14)9-16/h3-6,10-11,13,16,21,25H,2,7-9,12H2,1H3,(H,24,26)(H,27,28). The smallest absolute Gasteiger partial charge is 0.336 e. The van der Waals surface area contributed by atoms with E-state index in [4.69, 9.17) is 12.2 Å². The number of H-pyrrole nitrogens is 1. The number of nitrogens with zero attached hydrogens (tertiary/aromatic N) is 1. The summed E-state index contributed by atoms with van der Waals surface area (Å²) in [6.45, 7) is 2.69. The molecule has 6 heteroatoms. The van der Waals surface area contributed by atoms with Crippen molar-refractivity contribution in [3.05, 3.63) is 76.5 Å². The van der Waals surface area contributed by atoms with Gasteiger partial charge in [-0.3, -0.25) is 0 Å². The van der Waals surface area contributed by atoms with E-state index in [9.17, 15) is 9.90 Å². The fraction of sp³-hybridized carbons (Fsp3) is 0.348. The van der Waals surface area contributed by atoms with Crippen molar-refractivity contribution in [2.45, 2.75) is 39.2 Å². The largest absolute Gasteiger partial charge is 0.478 e. The second-order valence-corrected chi connectivity index (χ2v) is 8.14. The van der Waals surface area contributed by atoms with Crippen molar-refractivity contribution in [2.24, 2.45) is 11.8 Å². The first-order valence-electron chi connectivity index (χ1n) is 10.1. The fourth-order valence-corrected chi connectivity index (χ4v) is 5.11. The molecule has 1 aromatic carbocycles. The lowest BCUT2D eigenvalue weighted by Gasteiger charge is -2.37. The van der Waals surface area contributed by atoms with E-state index in [1.54, 1.807) is 18.6 Å². The maximum absolute atomic E-state index is 11.9. The van der Waals surface area contributed by atoms with E-state index in [-0.39, 0.29) is 11.5 Å². The molecule has 2 unspecified atom stereocenters. The molecule has 0 aliphatic heterocycles. The van der Waals surface area contributed by atoms with Crippen LogP contribution < -0.4 is 5.32 Å². The summed E-state index contributed by atoms with van der Waals surface area (Å²) < 4.78 is 0. The number of hydrogen-bond donors (Lipinski definition) is 3. The second-order valence-electron chi connectivity index (χ2n) is 7.70. The maximum Gasteiger partial charge on any atom is 0.336 e. The first-order chi connectivity index (χ1) is 14.1. The number of fused-ring (bicyclic) bond motifs is 1. The minimum Gasteiger partial charge on any atom is -0.478 e. The predicted molar refractivity (Wildman–Crippen MR) is 117 cm³/mol. The number of aromatic amines is 1. The van der Waals surface area contributed by atoms with Crippen molar-refractivity contribution in [3.63, 3.8) is 0 Å². The number of rotatable bonds is 6. The first kappa shape index (κ1) is 19.6. The van der Waals surface area contributed by atoms with Crippen LogP contribution in [0.15, 0.2) is 59.7 Å². The van der Waals surface area contributed by atoms with Crippen molar-refractivity contribution in [1.82, 2.24) is 15.3 Å². The molecule has 0 amide bonds. The average molecular weight is 408 g/mol. The van der Waals surface area contributed by atoms with Crippen LogP contribution in [0.4, 0.5) is 0 Å². The van der Waals surface area contributed by atoms with Gasteiger partial charge in [0.05, 0.1) is 24.1 Å². The Morgan fingerprint density at radius 1 is 1.34 bits per heavy atom. The molecule has 2 aromatic rings. The van der Waals surface area contributed by atoms with Gasteiger partial charge in [0.15, 0.2) is 0 Å². The van der Waals surface area contributed by atoms with Crippen molar-refractivity contribution in [1.29, 1.82) is 0 Å². The summed E-state index contributed by atoms with van der Waals surface area (Å²) in [7, 11) is 0. The number of hydrogen-bond acceptors (Lipinski definition) is 4. The summed E-state index contributed by atoms with van der Waals surface area (Å²) >= 11 is 5.74. The quantitative estimate of drug-likeness (QED) is 0.632.